The van der Waals surface area contributed by atoms with Crippen molar-refractivity contribution in [3.63, 3.8) is 0 Å². The number of hydrogen-bond donors (Lipinski definition) is 1. The second-order valence-electron chi connectivity index (χ2n) is 8.64. The van der Waals surface area contributed by atoms with Gasteiger partial charge < -0.3 is 14.8 Å². The van der Waals surface area contributed by atoms with Crippen LogP contribution in [0.15, 0.2) is 18.5 Å². The minimum absolute atomic E-state index is 0.0736. The molecule has 2 aromatic rings. The number of hydrogen-bond acceptors (Lipinski definition) is 8. The molecule has 178 valence electrons. The van der Waals surface area contributed by atoms with Gasteiger partial charge in [-0.05, 0) is 54.5 Å². The largest absolute Gasteiger partial charge is 0.444 e. The zero-order valence-electron chi connectivity index (χ0n) is 20.6. The Labute approximate surface area is 189 Å². The van der Waals surface area contributed by atoms with Crippen molar-refractivity contribution in [3.8, 4) is 5.95 Å². The number of amides is 2. The summed E-state index contributed by atoms with van der Waals surface area (Å²) in [4.78, 5) is 38.5. The van der Waals surface area contributed by atoms with E-state index in [9.17, 15) is 9.59 Å². The van der Waals surface area contributed by atoms with Crippen molar-refractivity contribution in [2.45, 2.75) is 79.6 Å². The quantitative estimate of drug-likeness (QED) is 0.741. The highest BCUT2D eigenvalue weighted by atomic mass is 16.6. The molecule has 0 aliphatic heterocycles. The highest BCUT2D eigenvalue weighted by Gasteiger charge is 2.28. The molecule has 0 aromatic carbocycles. The number of nitrogens with one attached hydrogen (secondary N) is 1. The maximum absolute atomic E-state index is 12.4. The predicted octanol–water partition coefficient (Wildman–Crippen LogP) is 4.04. The Kier molecular flexibility index (Phi) is 9.10. The van der Waals surface area contributed by atoms with Crippen molar-refractivity contribution < 1.29 is 19.1 Å². The third-order valence-corrected chi connectivity index (χ3v) is 3.45. The van der Waals surface area contributed by atoms with Crippen LogP contribution in [0.5, 0.6) is 0 Å². The molecular formula is C21H35N7O4. The van der Waals surface area contributed by atoms with E-state index < -0.39 is 29.4 Å². The van der Waals surface area contributed by atoms with Crippen molar-refractivity contribution in [1.82, 2.24) is 30.0 Å². The van der Waals surface area contributed by atoms with E-state index in [1.165, 1.54) is 16.6 Å². The van der Waals surface area contributed by atoms with Gasteiger partial charge in [-0.25, -0.2) is 24.5 Å². The van der Waals surface area contributed by atoms with E-state index in [0.717, 1.165) is 0 Å². The second-order valence-corrected chi connectivity index (χ2v) is 8.64. The molecule has 32 heavy (non-hydrogen) atoms. The van der Waals surface area contributed by atoms with Crippen LogP contribution >= 0.6 is 0 Å². The number of alkyl carbamates (subject to hydrolysis) is 1. The van der Waals surface area contributed by atoms with Crippen molar-refractivity contribution in [2.75, 3.05) is 11.9 Å². The smallest absolute Gasteiger partial charge is 0.416 e. The molecule has 1 N–H and O–H groups in total. The zero-order chi connectivity index (χ0) is 24.7. The first-order chi connectivity index (χ1) is 14.8. The highest BCUT2D eigenvalue weighted by Crippen LogP contribution is 2.20. The van der Waals surface area contributed by atoms with Crippen LogP contribution in [0.4, 0.5) is 15.5 Å². The molecule has 0 radical (unpaired) electrons. The summed E-state index contributed by atoms with van der Waals surface area (Å²) in [5, 5.41) is 7.06. The third-order valence-electron chi connectivity index (χ3n) is 3.45. The maximum atomic E-state index is 12.4. The zero-order valence-corrected chi connectivity index (χ0v) is 20.6. The lowest BCUT2D eigenvalue weighted by Crippen LogP contribution is -2.35. The van der Waals surface area contributed by atoms with Crippen molar-refractivity contribution in [2.24, 2.45) is 0 Å². The van der Waals surface area contributed by atoms with Gasteiger partial charge in [0.05, 0.1) is 6.04 Å². The van der Waals surface area contributed by atoms with Crippen LogP contribution in [0, 0.1) is 0 Å². The summed E-state index contributed by atoms with van der Waals surface area (Å²) in [6.07, 6.45) is 1.88. The summed E-state index contributed by atoms with van der Waals surface area (Å²) >= 11 is 0. The molecule has 0 saturated carbocycles. The molecule has 0 bridgehead atoms. The van der Waals surface area contributed by atoms with Crippen LogP contribution in [-0.4, -0.2) is 55.2 Å². The van der Waals surface area contributed by atoms with Crippen LogP contribution in [-0.2, 0) is 9.47 Å². The highest BCUT2D eigenvalue weighted by molar-refractivity contribution is 5.84. The van der Waals surface area contributed by atoms with Gasteiger partial charge in [-0.1, -0.05) is 13.8 Å². The Hall–Kier alpha value is -3.24. The normalized spacial score (nSPS) is 12.2. The number of ether oxygens (including phenoxy) is 2. The fourth-order valence-electron chi connectivity index (χ4n) is 2.24. The molecule has 0 spiro atoms. The minimum Gasteiger partial charge on any atom is -0.444 e. The lowest BCUT2D eigenvalue weighted by atomic mass is 10.2. The Bertz CT molecular complexity index is 886. The molecule has 0 aliphatic carbocycles. The first kappa shape index (κ1) is 26.8. The fraction of sp³-hybridized carbons (Fsp3) is 0.619. The average Bonchev–Trinajstić information content (AvgIpc) is 3.12. The number of rotatable bonds is 4. The number of nitrogens with zero attached hydrogens (tertiary/aromatic N) is 6. The van der Waals surface area contributed by atoms with Gasteiger partial charge in [0.25, 0.3) is 11.9 Å². The van der Waals surface area contributed by atoms with E-state index in [4.69, 9.17) is 9.47 Å². The summed E-state index contributed by atoms with van der Waals surface area (Å²) in [6.45, 7) is 16.3. The first-order valence-corrected chi connectivity index (χ1v) is 10.5. The van der Waals surface area contributed by atoms with E-state index in [2.05, 4.69) is 25.4 Å². The third kappa shape index (κ3) is 8.12. The lowest BCUT2D eigenvalue weighted by molar-refractivity contribution is 0.0503. The van der Waals surface area contributed by atoms with Gasteiger partial charge >= 0.3 is 12.2 Å². The van der Waals surface area contributed by atoms with E-state index in [0.29, 0.717) is 5.82 Å². The van der Waals surface area contributed by atoms with Crippen molar-refractivity contribution in [1.29, 1.82) is 0 Å². The topological polar surface area (TPSA) is 124 Å². The molecule has 2 aromatic heterocycles. The van der Waals surface area contributed by atoms with Crippen molar-refractivity contribution >= 4 is 18.1 Å². The summed E-state index contributed by atoms with van der Waals surface area (Å²) in [5.74, 6) is 0.628. The molecule has 11 nitrogen and oxygen atoms in total. The Balaban J connectivity index is 0.00000249. The minimum atomic E-state index is -0.676. The van der Waals surface area contributed by atoms with E-state index in [-0.39, 0.29) is 11.9 Å². The summed E-state index contributed by atoms with van der Waals surface area (Å²) in [6, 6.07) is 1.05. The van der Waals surface area contributed by atoms with Gasteiger partial charge in [0.2, 0.25) is 0 Å². The molecule has 11 heteroatoms. The number of carbonyl (C=O) groups excluding carboxylic acids is 2. The molecule has 2 heterocycles. The number of carbonyl (C=O) groups is 2. The molecule has 0 fully saturated rings. The molecule has 2 rings (SSSR count). The average molecular weight is 450 g/mol. The molecular weight excluding hydrogens is 414 g/mol. The standard InChI is InChI=1S/C19H29N7O4.C2H6/c1-12(22-16(27)29-18(2,3)4)13-23-15(25(8)17(28)30-19(5,6)7)24-26(13)14-20-10-9-11-21-14;1-2/h9-12H,1-8H3,(H,22,27);1-2H3/t12-;/m0./s1. The van der Waals surface area contributed by atoms with Gasteiger partial charge in [-0.2, -0.15) is 9.67 Å². The van der Waals surface area contributed by atoms with Gasteiger partial charge in [0.15, 0.2) is 5.82 Å². The molecule has 0 aliphatic rings. The molecule has 0 saturated heterocycles. The lowest BCUT2D eigenvalue weighted by Gasteiger charge is -2.22. The van der Waals surface area contributed by atoms with E-state index in [1.807, 2.05) is 13.8 Å². The van der Waals surface area contributed by atoms with Crippen LogP contribution in [0.3, 0.4) is 0 Å². The van der Waals surface area contributed by atoms with E-state index >= 15 is 0 Å². The molecule has 0 unspecified atom stereocenters. The van der Waals surface area contributed by atoms with Crippen LogP contribution in [0.1, 0.15) is 74.2 Å². The Morgan fingerprint density at radius 2 is 1.56 bits per heavy atom. The first-order valence-electron chi connectivity index (χ1n) is 10.5. The van der Waals surface area contributed by atoms with Gasteiger partial charge in [-0.15, -0.1) is 5.10 Å². The summed E-state index contributed by atoms with van der Waals surface area (Å²) in [5.41, 5.74) is -1.33. The predicted molar refractivity (Wildman–Crippen MR) is 121 cm³/mol. The monoisotopic (exact) mass is 449 g/mol. The van der Waals surface area contributed by atoms with Crippen LogP contribution in [0.25, 0.3) is 5.95 Å². The summed E-state index contributed by atoms with van der Waals surface area (Å²) in [7, 11) is 1.50. The van der Waals surface area contributed by atoms with Gasteiger partial charge in [-0.3, -0.25) is 0 Å². The number of anilines is 1. The van der Waals surface area contributed by atoms with Crippen LogP contribution in [0.2, 0.25) is 0 Å². The molecule has 1 atom stereocenters. The molecule has 2 amide bonds. The maximum Gasteiger partial charge on any atom is 0.416 e. The van der Waals surface area contributed by atoms with E-state index in [1.54, 1.807) is 66.9 Å². The van der Waals surface area contributed by atoms with Gasteiger partial charge in [0.1, 0.15) is 11.2 Å². The number of aromatic nitrogens is 5. The van der Waals surface area contributed by atoms with Crippen molar-refractivity contribution in [3.05, 3.63) is 24.3 Å². The summed E-state index contributed by atoms with van der Waals surface area (Å²) < 4.78 is 12.0. The van der Waals surface area contributed by atoms with Gasteiger partial charge in [0, 0.05) is 19.4 Å². The second kappa shape index (κ2) is 10.9. The Morgan fingerprint density at radius 3 is 2.06 bits per heavy atom. The van der Waals surface area contributed by atoms with Crippen LogP contribution < -0.4 is 10.2 Å². The SMILES string of the molecule is CC.C[C@H](NC(=O)OC(C)(C)C)c1nc(N(C)C(=O)OC(C)(C)C)nn1-c1ncccn1. The fourth-order valence-corrected chi connectivity index (χ4v) is 2.24. The Morgan fingerprint density at radius 1 is 1.03 bits per heavy atom.